The van der Waals surface area contributed by atoms with Crippen molar-refractivity contribution in [1.29, 1.82) is 0 Å². The quantitative estimate of drug-likeness (QED) is 0.738. The van der Waals surface area contributed by atoms with Gasteiger partial charge in [0.05, 0.1) is 6.54 Å². The van der Waals surface area contributed by atoms with E-state index < -0.39 is 17.7 Å². The second-order valence-electron chi connectivity index (χ2n) is 2.72. The first-order chi connectivity index (χ1) is 7.09. The first-order valence-corrected chi connectivity index (χ1v) is 4.21. The van der Waals surface area contributed by atoms with Gasteiger partial charge in [-0.3, -0.25) is 0 Å². The fraction of sp³-hybridized carbons (Fsp3) is 0.222. The van der Waals surface area contributed by atoms with Gasteiger partial charge >= 0.3 is 6.03 Å². The highest BCUT2D eigenvalue weighted by molar-refractivity contribution is 5.71. The normalized spacial score (nSPS) is 9.73. The Morgan fingerprint density at radius 3 is 2.73 bits per heavy atom. The van der Waals surface area contributed by atoms with E-state index in [0.717, 1.165) is 12.1 Å². The van der Waals surface area contributed by atoms with Crippen LogP contribution in [0.3, 0.4) is 0 Å². The molecule has 0 atom stereocenters. The molecule has 0 fully saturated rings. The van der Waals surface area contributed by atoms with E-state index in [1.807, 2.05) is 0 Å². The smallest absolute Gasteiger partial charge is 0.312 e. The van der Waals surface area contributed by atoms with Gasteiger partial charge in [0, 0.05) is 6.07 Å². The molecule has 0 spiro atoms. The monoisotopic (exact) mass is 216 g/mol. The Labute approximate surface area is 85.0 Å². The minimum atomic E-state index is -0.977. The molecular formula is C9H10F2N2O2. The summed E-state index contributed by atoms with van der Waals surface area (Å²) in [6, 6.07) is 2.53. The van der Waals surface area contributed by atoms with Crippen molar-refractivity contribution < 1.29 is 18.3 Å². The second kappa shape index (κ2) is 5.14. The summed E-state index contributed by atoms with van der Waals surface area (Å²) in [5.74, 6) is -1.71. The number of benzene rings is 1. The number of hydrogen-bond donors (Lipinski definition) is 2. The Balaban J connectivity index is 2.38. The van der Waals surface area contributed by atoms with Gasteiger partial charge in [0.2, 0.25) is 0 Å². The molecule has 1 aromatic rings. The number of nitrogens with one attached hydrogen (secondary N) is 1. The third-order valence-corrected chi connectivity index (χ3v) is 1.56. The second-order valence-corrected chi connectivity index (χ2v) is 2.72. The fourth-order valence-corrected chi connectivity index (χ4v) is 0.910. The molecule has 0 aromatic heterocycles. The Morgan fingerprint density at radius 1 is 1.40 bits per heavy atom. The summed E-state index contributed by atoms with van der Waals surface area (Å²) in [5, 5.41) is 2.29. The molecule has 0 saturated carbocycles. The van der Waals surface area contributed by atoms with E-state index in [2.05, 4.69) is 5.32 Å². The number of urea groups is 1. The van der Waals surface area contributed by atoms with Gasteiger partial charge in [-0.25, -0.2) is 13.6 Å². The summed E-state index contributed by atoms with van der Waals surface area (Å²) in [7, 11) is 0. The van der Waals surface area contributed by atoms with Crippen molar-refractivity contribution in [3.05, 3.63) is 29.8 Å². The number of primary amides is 1. The van der Waals surface area contributed by atoms with E-state index in [-0.39, 0.29) is 18.9 Å². The zero-order chi connectivity index (χ0) is 11.3. The largest absolute Gasteiger partial charge is 0.492 e. The zero-order valence-electron chi connectivity index (χ0n) is 7.80. The highest BCUT2D eigenvalue weighted by Gasteiger charge is 2.02. The molecule has 0 unspecified atom stereocenters. The van der Waals surface area contributed by atoms with Crippen molar-refractivity contribution in [1.82, 2.24) is 5.32 Å². The van der Waals surface area contributed by atoms with Crippen molar-refractivity contribution in [2.75, 3.05) is 13.2 Å². The zero-order valence-corrected chi connectivity index (χ0v) is 7.80. The number of halogens is 2. The Kier molecular flexibility index (Phi) is 3.84. The maximum atomic E-state index is 12.7. The van der Waals surface area contributed by atoms with Crippen LogP contribution in [0.5, 0.6) is 5.75 Å². The van der Waals surface area contributed by atoms with Crippen molar-refractivity contribution in [3.8, 4) is 5.75 Å². The van der Waals surface area contributed by atoms with Crippen LogP contribution in [0.4, 0.5) is 13.6 Å². The third-order valence-electron chi connectivity index (χ3n) is 1.56. The summed E-state index contributed by atoms with van der Waals surface area (Å²) < 4.78 is 30.2. The molecule has 0 aliphatic rings. The molecule has 82 valence electrons. The molecule has 0 aliphatic heterocycles. The summed E-state index contributed by atoms with van der Waals surface area (Å²) in [5.41, 5.74) is 4.80. The Hall–Kier alpha value is -1.85. The van der Waals surface area contributed by atoms with Gasteiger partial charge in [0.15, 0.2) is 11.6 Å². The SMILES string of the molecule is NC(=O)NCCOc1ccc(F)c(F)c1. The van der Waals surface area contributed by atoms with Gasteiger partial charge in [0.25, 0.3) is 0 Å². The average Bonchev–Trinajstić information content (AvgIpc) is 2.18. The van der Waals surface area contributed by atoms with Crippen LogP contribution in [0, 0.1) is 11.6 Å². The predicted octanol–water partition coefficient (Wildman–Crippen LogP) is 1.01. The van der Waals surface area contributed by atoms with Crippen molar-refractivity contribution in [2.24, 2.45) is 5.73 Å². The van der Waals surface area contributed by atoms with Crippen LogP contribution < -0.4 is 15.8 Å². The molecule has 0 bridgehead atoms. The van der Waals surface area contributed by atoms with Gasteiger partial charge in [-0.1, -0.05) is 0 Å². The lowest BCUT2D eigenvalue weighted by Gasteiger charge is -2.06. The highest BCUT2D eigenvalue weighted by Crippen LogP contribution is 2.14. The predicted molar refractivity (Wildman–Crippen MR) is 49.4 cm³/mol. The van der Waals surface area contributed by atoms with Crippen LogP contribution >= 0.6 is 0 Å². The fourth-order valence-electron chi connectivity index (χ4n) is 0.910. The maximum Gasteiger partial charge on any atom is 0.312 e. The van der Waals surface area contributed by atoms with Gasteiger partial charge < -0.3 is 15.8 Å². The first-order valence-electron chi connectivity index (χ1n) is 4.21. The van der Waals surface area contributed by atoms with Crippen molar-refractivity contribution in [3.63, 3.8) is 0 Å². The molecule has 0 heterocycles. The van der Waals surface area contributed by atoms with Crippen LogP contribution in [0.1, 0.15) is 0 Å². The number of amides is 2. The molecule has 15 heavy (non-hydrogen) atoms. The van der Waals surface area contributed by atoms with Crippen LogP contribution in [0.25, 0.3) is 0 Å². The number of rotatable bonds is 4. The molecule has 0 radical (unpaired) electrons. The highest BCUT2D eigenvalue weighted by atomic mass is 19.2. The lowest BCUT2D eigenvalue weighted by Crippen LogP contribution is -2.32. The Morgan fingerprint density at radius 2 is 2.13 bits per heavy atom. The summed E-state index contributed by atoms with van der Waals surface area (Å²) in [6.07, 6.45) is 0. The number of carbonyl (C=O) groups is 1. The standard InChI is InChI=1S/C9H10F2N2O2/c10-7-2-1-6(5-8(7)11)15-4-3-13-9(12)14/h1-2,5H,3-4H2,(H3,12,13,14). The van der Waals surface area contributed by atoms with E-state index in [4.69, 9.17) is 10.5 Å². The van der Waals surface area contributed by atoms with Crippen molar-refractivity contribution in [2.45, 2.75) is 0 Å². The molecule has 4 nitrogen and oxygen atoms in total. The summed E-state index contributed by atoms with van der Waals surface area (Å²) in [4.78, 5) is 10.3. The molecule has 3 N–H and O–H groups in total. The Bertz CT molecular complexity index is 358. The minimum absolute atomic E-state index is 0.133. The van der Waals surface area contributed by atoms with Crippen LogP contribution in [-0.4, -0.2) is 19.2 Å². The van der Waals surface area contributed by atoms with E-state index in [1.165, 1.54) is 6.07 Å². The first kappa shape index (κ1) is 11.2. The summed E-state index contributed by atoms with van der Waals surface area (Å²) in [6.45, 7) is 0.336. The van der Waals surface area contributed by atoms with Gasteiger partial charge in [-0.2, -0.15) is 0 Å². The van der Waals surface area contributed by atoms with Gasteiger partial charge in [-0.05, 0) is 12.1 Å². The molecule has 0 saturated heterocycles. The average molecular weight is 216 g/mol. The molecule has 1 rings (SSSR count). The van der Waals surface area contributed by atoms with Gasteiger partial charge in [-0.15, -0.1) is 0 Å². The molecule has 0 aliphatic carbocycles. The lowest BCUT2D eigenvalue weighted by atomic mass is 10.3. The molecule has 1 aromatic carbocycles. The van der Waals surface area contributed by atoms with E-state index >= 15 is 0 Å². The number of carbonyl (C=O) groups excluding carboxylic acids is 1. The molecule has 2 amide bonds. The maximum absolute atomic E-state index is 12.7. The number of nitrogens with two attached hydrogens (primary N) is 1. The van der Waals surface area contributed by atoms with Crippen LogP contribution in [0.2, 0.25) is 0 Å². The molecule has 6 heteroatoms. The van der Waals surface area contributed by atoms with E-state index in [1.54, 1.807) is 0 Å². The van der Waals surface area contributed by atoms with Crippen molar-refractivity contribution >= 4 is 6.03 Å². The van der Waals surface area contributed by atoms with Gasteiger partial charge in [0.1, 0.15) is 12.4 Å². The van der Waals surface area contributed by atoms with E-state index in [0.29, 0.717) is 0 Å². The minimum Gasteiger partial charge on any atom is -0.492 e. The van der Waals surface area contributed by atoms with Crippen LogP contribution in [-0.2, 0) is 0 Å². The van der Waals surface area contributed by atoms with E-state index in [9.17, 15) is 13.6 Å². The number of ether oxygens (including phenoxy) is 1. The molecular weight excluding hydrogens is 206 g/mol. The topological polar surface area (TPSA) is 64.4 Å². The third kappa shape index (κ3) is 3.80. The number of hydrogen-bond acceptors (Lipinski definition) is 2. The van der Waals surface area contributed by atoms with Crippen LogP contribution in [0.15, 0.2) is 18.2 Å². The summed E-state index contributed by atoms with van der Waals surface area (Å²) >= 11 is 0. The lowest BCUT2D eigenvalue weighted by molar-refractivity contribution is 0.244.